The van der Waals surface area contributed by atoms with Crippen molar-refractivity contribution < 1.29 is 0 Å². The smallest absolute Gasteiger partial charge is 0.221 e. The number of nitrogen functional groups attached to an aromatic ring is 1. The lowest BCUT2D eigenvalue weighted by molar-refractivity contribution is 0.898. The van der Waals surface area contributed by atoms with Gasteiger partial charge in [-0.05, 0) is 23.6 Å². The third-order valence-electron chi connectivity index (χ3n) is 2.77. The van der Waals surface area contributed by atoms with Gasteiger partial charge in [-0.25, -0.2) is 9.66 Å². The van der Waals surface area contributed by atoms with E-state index >= 15 is 0 Å². The summed E-state index contributed by atoms with van der Waals surface area (Å²) >= 11 is 13.5. The fourth-order valence-corrected chi connectivity index (χ4v) is 2.89. The van der Waals surface area contributed by atoms with Gasteiger partial charge < -0.3 is 5.73 Å². The second-order valence-corrected chi connectivity index (χ2v) is 6.01. The summed E-state index contributed by atoms with van der Waals surface area (Å²) in [5.41, 5.74) is 7.41. The quantitative estimate of drug-likeness (QED) is 0.721. The molecule has 0 aliphatic heterocycles. The second kappa shape index (κ2) is 5.89. The van der Waals surface area contributed by atoms with E-state index in [1.54, 1.807) is 41.9 Å². The molecular weight excluding hydrogens is 327 g/mol. The van der Waals surface area contributed by atoms with Crippen molar-refractivity contribution in [3.05, 3.63) is 57.5 Å². The van der Waals surface area contributed by atoms with Crippen molar-refractivity contribution in [2.45, 2.75) is 0 Å². The lowest BCUT2D eigenvalue weighted by atomic mass is 10.2. The molecule has 0 bridgehead atoms. The van der Waals surface area contributed by atoms with Gasteiger partial charge in [0.1, 0.15) is 5.69 Å². The summed E-state index contributed by atoms with van der Waals surface area (Å²) in [6, 6.07) is 9.16. The topological polar surface area (TPSA) is 56.2 Å². The monoisotopic (exact) mass is 336 g/mol. The maximum absolute atomic E-state index is 6.09. The number of hydrogen-bond donors (Lipinski definition) is 1. The lowest BCUT2D eigenvalue weighted by Gasteiger charge is -1.99. The van der Waals surface area contributed by atoms with Crippen molar-refractivity contribution in [3.8, 4) is 10.6 Å². The first-order valence-electron chi connectivity index (χ1n) is 6.01. The Morgan fingerprint density at radius 1 is 1.29 bits per heavy atom. The minimum absolute atomic E-state index is 0.319. The van der Waals surface area contributed by atoms with Gasteiger partial charge >= 0.3 is 0 Å². The number of aromatic nitrogens is 2. The van der Waals surface area contributed by atoms with E-state index in [0.29, 0.717) is 16.0 Å². The minimum atomic E-state index is 0.319. The Hall–Kier alpha value is -1.82. The van der Waals surface area contributed by atoms with E-state index in [0.717, 1.165) is 16.1 Å². The summed E-state index contributed by atoms with van der Waals surface area (Å²) in [6.45, 7) is 0. The molecule has 0 fully saturated rings. The predicted octanol–water partition coefficient (Wildman–Crippen LogP) is 4.38. The van der Waals surface area contributed by atoms with Gasteiger partial charge in [0, 0.05) is 10.6 Å². The van der Waals surface area contributed by atoms with Gasteiger partial charge in [0.15, 0.2) is 0 Å². The van der Waals surface area contributed by atoms with E-state index in [2.05, 4.69) is 10.1 Å². The first kappa shape index (κ1) is 14.1. The Labute approximate surface area is 135 Å². The molecule has 2 N–H and O–H groups in total. The molecule has 0 aliphatic carbocycles. The standard InChI is InChI=1S/C14H10Cl2N4S/c15-10-4-3-9(11(16)6-10)7-18-20-8-12(19-14(20)17)13-2-1-5-21-13/h1-8H,(H2,17,19). The SMILES string of the molecule is Nc1nc(-c2cccs2)cn1N=Cc1ccc(Cl)cc1Cl. The van der Waals surface area contributed by atoms with E-state index in [9.17, 15) is 0 Å². The van der Waals surface area contributed by atoms with Crippen LogP contribution in [0.3, 0.4) is 0 Å². The molecule has 3 aromatic rings. The van der Waals surface area contributed by atoms with Crippen LogP contribution in [0.25, 0.3) is 10.6 Å². The first-order chi connectivity index (χ1) is 10.1. The number of thiophene rings is 1. The van der Waals surface area contributed by atoms with Crippen LogP contribution in [0.4, 0.5) is 5.95 Å². The fraction of sp³-hybridized carbons (Fsp3) is 0. The summed E-state index contributed by atoms with van der Waals surface area (Å²) < 4.78 is 1.51. The highest BCUT2D eigenvalue weighted by Gasteiger charge is 2.07. The number of anilines is 1. The normalized spacial score (nSPS) is 11.3. The third kappa shape index (κ3) is 3.10. The van der Waals surface area contributed by atoms with E-state index in [-0.39, 0.29) is 0 Å². The molecule has 0 radical (unpaired) electrons. The molecule has 0 aliphatic rings. The third-order valence-corrected chi connectivity index (χ3v) is 4.23. The van der Waals surface area contributed by atoms with Crippen LogP contribution >= 0.6 is 34.5 Å². The van der Waals surface area contributed by atoms with Crippen molar-refractivity contribution >= 4 is 46.7 Å². The number of rotatable bonds is 3. The number of nitrogens with zero attached hydrogens (tertiary/aromatic N) is 3. The fourth-order valence-electron chi connectivity index (χ4n) is 1.75. The molecule has 0 saturated carbocycles. The molecule has 2 heterocycles. The van der Waals surface area contributed by atoms with Gasteiger partial charge in [0.25, 0.3) is 0 Å². The highest BCUT2D eigenvalue weighted by molar-refractivity contribution is 7.13. The van der Waals surface area contributed by atoms with Crippen LogP contribution in [0.15, 0.2) is 47.0 Å². The molecule has 1 aromatic carbocycles. The van der Waals surface area contributed by atoms with E-state index in [1.807, 2.05) is 17.5 Å². The van der Waals surface area contributed by atoms with Gasteiger partial charge in [0.05, 0.1) is 22.3 Å². The molecule has 0 unspecified atom stereocenters. The zero-order valence-electron chi connectivity index (χ0n) is 10.7. The molecule has 2 aromatic heterocycles. The van der Waals surface area contributed by atoms with Crippen LogP contribution in [-0.4, -0.2) is 15.9 Å². The highest BCUT2D eigenvalue weighted by Crippen LogP contribution is 2.24. The summed E-state index contributed by atoms with van der Waals surface area (Å²) in [5.74, 6) is 0.319. The lowest BCUT2D eigenvalue weighted by Crippen LogP contribution is -1.97. The molecule has 21 heavy (non-hydrogen) atoms. The Morgan fingerprint density at radius 2 is 2.14 bits per heavy atom. The molecule has 4 nitrogen and oxygen atoms in total. The molecule has 106 valence electrons. The molecule has 0 amide bonds. The van der Waals surface area contributed by atoms with E-state index in [4.69, 9.17) is 28.9 Å². The van der Waals surface area contributed by atoms with Gasteiger partial charge in [-0.2, -0.15) is 5.10 Å². The summed E-state index contributed by atoms with van der Waals surface area (Å²) in [5, 5.41) is 7.38. The van der Waals surface area contributed by atoms with Crippen LogP contribution in [0.2, 0.25) is 10.0 Å². The molecular formula is C14H10Cl2N4S. The van der Waals surface area contributed by atoms with Crippen molar-refractivity contribution in [3.63, 3.8) is 0 Å². The molecule has 3 rings (SSSR count). The Morgan fingerprint density at radius 3 is 2.86 bits per heavy atom. The summed E-state index contributed by atoms with van der Waals surface area (Å²) in [6.07, 6.45) is 3.40. The second-order valence-electron chi connectivity index (χ2n) is 4.22. The van der Waals surface area contributed by atoms with Gasteiger partial charge in [-0.15, -0.1) is 11.3 Å². The van der Waals surface area contributed by atoms with Crippen molar-refractivity contribution in [1.29, 1.82) is 0 Å². The summed E-state index contributed by atoms with van der Waals surface area (Å²) in [7, 11) is 0. The molecule has 7 heteroatoms. The maximum Gasteiger partial charge on any atom is 0.221 e. The number of halogens is 2. The van der Waals surface area contributed by atoms with Crippen LogP contribution in [0.5, 0.6) is 0 Å². The minimum Gasteiger partial charge on any atom is -0.368 e. The van der Waals surface area contributed by atoms with Gasteiger partial charge in [0.2, 0.25) is 5.95 Å². The maximum atomic E-state index is 6.09. The zero-order chi connectivity index (χ0) is 14.8. The average Bonchev–Trinajstić information content (AvgIpc) is 3.07. The van der Waals surface area contributed by atoms with Crippen LogP contribution in [0.1, 0.15) is 5.56 Å². The van der Waals surface area contributed by atoms with Crippen LogP contribution < -0.4 is 5.73 Å². The number of hydrogen-bond acceptors (Lipinski definition) is 4. The molecule has 0 atom stereocenters. The Kier molecular flexibility index (Phi) is 3.96. The van der Waals surface area contributed by atoms with E-state index in [1.165, 1.54) is 4.68 Å². The van der Waals surface area contributed by atoms with Crippen molar-refractivity contribution in [1.82, 2.24) is 9.66 Å². The Balaban J connectivity index is 1.89. The van der Waals surface area contributed by atoms with Gasteiger partial charge in [-0.1, -0.05) is 35.3 Å². The van der Waals surface area contributed by atoms with Crippen molar-refractivity contribution in [2.24, 2.45) is 5.10 Å². The first-order valence-corrected chi connectivity index (χ1v) is 7.65. The average molecular weight is 337 g/mol. The predicted molar refractivity (Wildman–Crippen MR) is 89.4 cm³/mol. The molecule has 0 saturated heterocycles. The van der Waals surface area contributed by atoms with Gasteiger partial charge in [-0.3, -0.25) is 0 Å². The summed E-state index contributed by atoms with van der Waals surface area (Å²) in [4.78, 5) is 5.33. The molecule has 0 spiro atoms. The van der Waals surface area contributed by atoms with Crippen LogP contribution in [-0.2, 0) is 0 Å². The number of imidazole rings is 1. The number of nitrogens with two attached hydrogens (primary N) is 1. The number of benzene rings is 1. The van der Waals surface area contributed by atoms with Crippen LogP contribution in [0, 0.1) is 0 Å². The van der Waals surface area contributed by atoms with Crippen molar-refractivity contribution in [2.75, 3.05) is 5.73 Å². The Bertz CT molecular complexity index is 793. The zero-order valence-corrected chi connectivity index (χ0v) is 13.0. The van der Waals surface area contributed by atoms with E-state index < -0.39 is 0 Å². The highest BCUT2D eigenvalue weighted by atomic mass is 35.5. The largest absolute Gasteiger partial charge is 0.368 e.